The van der Waals surface area contributed by atoms with Gasteiger partial charge in [0.05, 0.1) is 6.54 Å². The fraction of sp³-hybridized carbons (Fsp3) is 0.440. The Labute approximate surface area is 172 Å². The predicted molar refractivity (Wildman–Crippen MR) is 113 cm³/mol. The molecule has 6 rings (SSSR count). The lowest BCUT2D eigenvalue weighted by molar-refractivity contribution is -0.135. The average Bonchev–Trinajstić information content (AvgIpc) is 2.96. The summed E-state index contributed by atoms with van der Waals surface area (Å²) in [7, 11) is 0. The number of benzene rings is 2. The molecule has 0 radical (unpaired) electrons. The van der Waals surface area contributed by atoms with Crippen LogP contribution in [-0.4, -0.2) is 36.3 Å². The molecule has 1 aliphatic heterocycles. The number of likely N-dealkylation sites (tertiary alicyclic amines) is 1. The molecular formula is C25H28N2O2. The number of carbonyl (C=O) groups is 2. The largest absolute Gasteiger partial charge is 0.354 e. The molecule has 0 aromatic heterocycles. The second-order valence-corrected chi connectivity index (χ2v) is 8.71. The predicted octanol–water partition coefficient (Wildman–Crippen LogP) is 3.80. The number of fused-ring (bicyclic) bond motifs is 1. The molecule has 1 N–H and O–H groups in total. The number of carbonyl (C=O) groups excluding carboxylic acids is 2. The van der Waals surface area contributed by atoms with Crippen LogP contribution in [0.2, 0.25) is 0 Å². The van der Waals surface area contributed by atoms with Crippen LogP contribution in [0, 0.1) is 5.92 Å². The maximum Gasteiger partial charge on any atom is 0.239 e. The normalized spacial score (nSPS) is 25.2. The first-order valence-electron chi connectivity index (χ1n) is 10.9. The van der Waals surface area contributed by atoms with Crippen LogP contribution in [0.25, 0.3) is 0 Å². The van der Waals surface area contributed by atoms with Crippen molar-refractivity contribution >= 4 is 11.8 Å². The van der Waals surface area contributed by atoms with Gasteiger partial charge in [-0.3, -0.25) is 9.59 Å². The fourth-order valence-corrected chi connectivity index (χ4v) is 5.64. The van der Waals surface area contributed by atoms with Crippen LogP contribution in [0.5, 0.6) is 0 Å². The summed E-state index contributed by atoms with van der Waals surface area (Å²) in [5, 5.41) is 3.15. The van der Waals surface area contributed by atoms with Gasteiger partial charge in [-0.25, -0.2) is 0 Å². The van der Waals surface area contributed by atoms with Gasteiger partial charge in [0.25, 0.3) is 0 Å². The summed E-state index contributed by atoms with van der Waals surface area (Å²) < 4.78 is 0. The standard InChI is InChI=1S/C25H28N2O2/c28-23(16-27-13-7-1-2-12-24(27)29)26-15-17-14-22-18-8-3-5-10-20(18)25(17)21-11-6-4-9-19(21)22/h3-6,8-11,17,22,25H,1-2,7,12-16H2,(H,26,28). The molecule has 1 unspecified atom stereocenters. The third-order valence-electron chi connectivity index (χ3n) is 6.99. The molecule has 2 aromatic rings. The van der Waals surface area contributed by atoms with Crippen LogP contribution >= 0.6 is 0 Å². The Hall–Kier alpha value is -2.62. The third-order valence-corrected chi connectivity index (χ3v) is 6.99. The SMILES string of the molecule is O=C(CN1CCCCCC1=O)NCC1CC2c3ccccc3C1c1ccccc12. The zero-order valence-corrected chi connectivity index (χ0v) is 16.8. The number of nitrogens with one attached hydrogen (secondary N) is 1. The summed E-state index contributed by atoms with van der Waals surface area (Å²) >= 11 is 0. The molecule has 0 spiro atoms. The van der Waals surface area contributed by atoms with Gasteiger partial charge in [0, 0.05) is 31.3 Å². The number of hydrogen-bond acceptors (Lipinski definition) is 2. The van der Waals surface area contributed by atoms with Crippen LogP contribution in [0.4, 0.5) is 0 Å². The van der Waals surface area contributed by atoms with Crippen molar-refractivity contribution in [1.29, 1.82) is 0 Å². The number of rotatable bonds is 4. The van der Waals surface area contributed by atoms with Crippen molar-refractivity contribution in [1.82, 2.24) is 10.2 Å². The van der Waals surface area contributed by atoms with E-state index >= 15 is 0 Å². The van der Waals surface area contributed by atoms with E-state index in [0.717, 1.165) is 25.7 Å². The minimum atomic E-state index is -0.0248. The highest BCUT2D eigenvalue weighted by molar-refractivity contribution is 5.84. The number of nitrogens with zero attached hydrogens (tertiary/aromatic N) is 1. The van der Waals surface area contributed by atoms with E-state index in [1.807, 2.05) is 0 Å². The monoisotopic (exact) mass is 388 g/mol. The van der Waals surface area contributed by atoms with Gasteiger partial charge in [-0.1, -0.05) is 55.0 Å². The van der Waals surface area contributed by atoms with Gasteiger partial charge in [-0.2, -0.15) is 0 Å². The molecule has 4 nitrogen and oxygen atoms in total. The van der Waals surface area contributed by atoms with Crippen molar-refractivity contribution in [3.05, 3.63) is 70.8 Å². The molecule has 4 heteroatoms. The van der Waals surface area contributed by atoms with E-state index < -0.39 is 0 Å². The first kappa shape index (κ1) is 18.4. The molecule has 1 fully saturated rings. The minimum Gasteiger partial charge on any atom is -0.354 e. The number of hydrogen-bond donors (Lipinski definition) is 1. The molecule has 1 saturated heterocycles. The van der Waals surface area contributed by atoms with E-state index in [9.17, 15) is 9.59 Å². The summed E-state index contributed by atoms with van der Waals surface area (Å²) in [6.07, 6.45) is 4.67. The quantitative estimate of drug-likeness (QED) is 0.866. The highest BCUT2D eigenvalue weighted by Crippen LogP contribution is 2.55. The van der Waals surface area contributed by atoms with Crippen molar-refractivity contribution in [3.63, 3.8) is 0 Å². The van der Waals surface area contributed by atoms with Crippen molar-refractivity contribution in [2.45, 2.75) is 43.9 Å². The Morgan fingerprint density at radius 3 is 2.28 bits per heavy atom. The van der Waals surface area contributed by atoms with Gasteiger partial charge in [0.15, 0.2) is 0 Å². The van der Waals surface area contributed by atoms with E-state index in [1.165, 1.54) is 22.3 Å². The molecule has 1 heterocycles. The van der Waals surface area contributed by atoms with Gasteiger partial charge >= 0.3 is 0 Å². The summed E-state index contributed by atoms with van der Waals surface area (Å²) in [5.74, 6) is 1.25. The smallest absolute Gasteiger partial charge is 0.239 e. The second-order valence-electron chi connectivity index (χ2n) is 8.71. The summed E-state index contributed by atoms with van der Waals surface area (Å²) in [5.41, 5.74) is 5.75. The van der Waals surface area contributed by atoms with Crippen LogP contribution in [0.1, 0.15) is 66.2 Å². The average molecular weight is 389 g/mol. The summed E-state index contributed by atoms with van der Waals surface area (Å²) in [6, 6.07) is 17.6. The van der Waals surface area contributed by atoms with Gasteiger partial charge < -0.3 is 10.2 Å². The van der Waals surface area contributed by atoms with Gasteiger partial charge in [0.2, 0.25) is 11.8 Å². The van der Waals surface area contributed by atoms with Crippen LogP contribution in [-0.2, 0) is 9.59 Å². The second kappa shape index (κ2) is 7.66. The first-order valence-corrected chi connectivity index (χ1v) is 10.9. The van der Waals surface area contributed by atoms with Gasteiger partial charge in [-0.15, -0.1) is 0 Å². The molecule has 0 saturated carbocycles. The Morgan fingerprint density at radius 2 is 1.59 bits per heavy atom. The van der Waals surface area contributed by atoms with Gasteiger partial charge in [0.1, 0.15) is 0 Å². The lowest BCUT2D eigenvalue weighted by Crippen LogP contribution is -2.44. The molecule has 2 amide bonds. The zero-order chi connectivity index (χ0) is 19.8. The molecule has 2 bridgehead atoms. The van der Waals surface area contributed by atoms with E-state index in [4.69, 9.17) is 0 Å². The van der Waals surface area contributed by atoms with E-state index in [-0.39, 0.29) is 18.4 Å². The molecular weight excluding hydrogens is 360 g/mol. The highest BCUT2D eigenvalue weighted by Gasteiger charge is 2.42. The van der Waals surface area contributed by atoms with Crippen LogP contribution in [0.3, 0.4) is 0 Å². The molecule has 150 valence electrons. The van der Waals surface area contributed by atoms with Crippen molar-refractivity contribution in [3.8, 4) is 0 Å². The maximum atomic E-state index is 12.6. The third kappa shape index (κ3) is 3.35. The van der Waals surface area contributed by atoms with Crippen molar-refractivity contribution in [2.75, 3.05) is 19.6 Å². The summed E-state index contributed by atoms with van der Waals surface area (Å²) in [4.78, 5) is 26.5. The topological polar surface area (TPSA) is 49.4 Å². The minimum absolute atomic E-state index is 0.0248. The summed E-state index contributed by atoms with van der Waals surface area (Å²) in [6.45, 7) is 1.58. The maximum absolute atomic E-state index is 12.6. The van der Waals surface area contributed by atoms with Crippen LogP contribution < -0.4 is 5.32 Å². The van der Waals surface area contributed by atoms with Crippen molar-refractivity contribution in [2.24, 2.45) is 5.92 Å². The zero-order valence-electron chi connectivity index (χ0n) is 16.8. The molecule has 29 heavy (non-hydrogen) atoms. The Kier molecular flexibility index (Phi) is 4.86. The first-order chi connectivity index (χ1) is 14.2. The molecule has 1 atom stereocenters. The van der Waals surface area contributed by atoms with E-state index in [1.54, 1.807) is 4.90 Å². The van der Waals surface area contributed by atoms with E-state index in [0.29, 0.717) is 37.3 Å². The highest BCUT2D eigenvalue weighted by atomic mass is 16.2. The molecule has 2 aromatic carbocycles. The molecule has 3 aliphatic carbocycles. The molecule has 4 aliphatic rings. The fourth-order valence-electron chi connectivity index (χ4n) is 5.64. The Bertz CT molecular complexity index is 890. The van der Waals surface area contributed by atoms with Crippen molar-refractivity contribution < 1.29 is 9.59 Å². The lowest BCUT2D eigenvalue weighted by atomic mass is 9.59. The Morgan fingerprint density at radius 1 is 0.931 bits per heavy atom. The lowest BCUT2D eigenvalue weighted by Gasteiger charge is -2.45. The van der Waals surface area contributed by atoms with Crippen LogP contribution in [0.15, 0.2) is 48.5 Å². The number of amides is 2. The van der Waals surface area contributed by atoms with E-state index in [2.05, 4.69) is 53.8 Å². The van der Waals surface area contributed by atoms with Gasteiger partial charge in [-0.05, 0) is 47.4 Å². The Balaban J connectivity index is 1.30.